The molecule has 15 heavy (non-hydrogen) atoms. The first-order valence-electron chi connectivity index (χ1n) is 5.30. The molecule has 0 aromatic heterocycles. The minimum Gasteiger partial charge on any atom is -0.379 e. The van der Waals surface area contributed by atoms with Gasteiger partial charge in [-0.15, -0.1) is 0 Å². The van der Waals surface area contributed by atoms with Gasteiger partial charge >= 0.3 is 0 Å². The van der Waals surface area contributed by atoms with Crippen molar-refractivity contribution in [1.82, 2.24) is 0 Å². The summed E-state index contributed by atoms with van der Waals surface area (Å²) < 4.78 is 16.5. The van der Waals surface area contributed by atoms with Crippen LogP contribution in [-0.4, -0.2) is 25.9 Å². The molecule has 2 atom stereocenters. The van der Waals surface area contributed by atoms with E-state index >= 15 is 0 Å². The first-order chi connectivity index (χ1) is 7.40. The number of benzene rings is 1. The van der Waals surface area contributed by atoms with Gasteiger partial charge in [-0.2, -0.15) is 0 Å². The van der Waals surface area contributed by atoms with E-state index in [1.54, 1.807) is 0 Å². The fourth-order valence-corrected chi connectivity index (χ4v) is 1.57. The summed E-state index contributed by atoms with van der Waals surface area (Å²) in [5, 5.41) is 0. The van der Waals surface area contributed by atoms with Crippen molar-refractivity contribution in [2.75, 3.05) is 19.8 Å². The lowest BCUT2D eigenvalue weighted by atomic mass is 10.2. The average molecular weight is 208 g/mol. The van der Waals surface area contributed by atoms with E-state index in [0.717, 1.165) is 12.2 Å². The van der Waals surface area contributed by atoms with Gasteiger partial charge in [0.15, 0.2) is 6.29 Å². The molecule has 0 amide bonds. The molecule has 0 radical (unpaired) electrons. The summed E-state index contributed by atoms with van der Waals surface area (Å²) >= 11 is 0. The summed E-state index contributed by atoms with van der Waals surface area (Å²) in [4.78, 5) is 0. The van der Waals surface area contributed by atoms with Crippen LogP contribution in [0.15, 0.2) is 30.3 Å². The molecule has 1 aliphatic rings. The second-order valence-corrected chi connectivity index (χ2v) is 3.49. The molecule has 82 valence electrons. The number of hydrogen-bond acceptors (Lipinski definition) is 3. The molecule has 1 saturated heterocycles. The average Bonchev–Trinajstić information content (AvgIpc) is 2.76. The first kappa shape index (κ1) is 10.6. The van der Waals surface area contributed by atoms with E-state index in [1.807, 2.05) is 37.3 Å². The van der Waals surface area contributed by atoms with Crippen molar-refractivity contribution in [3.8, 4) is 0 Å². The highest BCUT2D eigenvalue weighted by Crippen LogP contribution is 2.26. The lowest BCUT2D eigenvalue weighted by molar-refractivity contribution is -0.0730. The van der Waals surface area contributed by atoms with Gasteiger partial charge in [0.05, 0.1) is 13.2 Å². The smallest absolute Gasteiger partial charge is 0.184 e. The minimum absolute atomic E-state index is 0.0650. The molecule has 1 aromatic carbocycles. The van der Waals surface area contributed by atoms with Crippen molar-refractivity contribution in [3.05, 3.63) is 35.9 Å². The molecule has 0 unspecified atom stereocenters. The van der Waals surface area contributed by atoms with Crippen molar-refractivity contribution in [3.63, 3.8) is 0 Å². The SMILES string of the molecule is CCOC[C@H]1CO[C@@H](c2ccccc2)O1. The van der Waals surface area contributed by atoms with Crippen LogP contribution < -0.4 is 0 Å². The fraction of sp³-hybridized carbons (Fsp3) is 0.500. The Morgan fingerprint density at radius 3 is 2.87 bits per heavy atom. The van der Waals surface area contributed by atoms with Gasteiger partial charge in [-0.05, 0) is 6.92 Å². The van der Waals surface area contributed by atoms with Gasteiger partial charge in [-0.25, -0.2) is 0 Å². The van der Waals surface area contributed by atoms with Gasteiger partial charge in [0.1, 0.15) is 6.10 Å². The van der Waals surface area contributed by atoms with Gasteiger partial charge in [-0.3, -0.25) is 0 Å². The zero-order valence-electron chi connectivity index (χ0n) is 8.89. The van der Waals surface area contributed by atoms with Crippen LogP contribution in [0.1, 0.15) is 18.8 Å². The molecule has 3 heteroatoms. The molecule has 2 rings (SSSR count). The van der Waals surface area contributed by atoms with Crippen LogP contribution in [0, 0.1) is 0 Å². The summed E-state index contributed by atoms with van der Waals surface area (Å²) in [6, 6.07) is 9.97. The maximum atomic E-state index is 5.70. The summed E-state index contributed by atoms with van der Waals surface area (Å²) in [6.07, 6.45) is -0.160. The molecule has 0 spiro atoms. The maximum Gasteiger partial charge on any atom is 0.184 e. The third-order valence-electron chi connectivity index (χ3n) is 2.33. The zero-order chi connectivity index (χ0) is 10.5. The first-order valence-corrected chi connectivity index (χ1v) is 5.30. The lowest BCUT2D eigenvalue weighted by Gasteiger charge is -2.11. The topological polar surface area (TPSA) is 27.7 Å². The van der Waals surface area contributed by atoms with Crippen LogP contribution in [0.5, 0.6) is 0 Å². The highest BCUT2D eigenvalue weighted by Gasteiger charge is 2.26. The summed E-state index contributed by atoms with van der Waals surface area (Å²) in [5.41, 5.74) is 1.07. The third kappa shape index (κ3) is 2.78. The molecule has 1 heterocycles. The zero-order valence-corrected chi connectivity index (χ0v) is 8.89. The lowest BCUT2D eigenvalue weighted by Crippen LogP contribution is -2.17. The molecule has 1 aliphatic heterocycles. The van der Waals surface area contributed by atoms with Gasteiger partial charge in [0.25, 0.3) is 0 Å². The Morgan fingerprint density at radius 2 is 2.13 bits per heavy atom. The Kier molecular flexibility index (Phi) is 3.72. The Morgan fingerprint density at radius 1 is 1.33 bits per heavy atom. The highest BCUT2D eigenvalue weighted by molar-refractivity contribution is 5.16. The van der Waals surface area contributed by atoms with Gasteiger partial charge in [0.2, 0.25) is 0 Å². The maximum absolute atomic E-state index is 5.70. The third-order valence-corrected chi connectivity index (χ3v) is 2.33. The van der Waals surface area contributed by atoms with Crippen LogP contribution in [0.4, 0.5) is 0 Å². The molecular weight excluding hydrogens is 192 g/mol. The molecule has 3 nitrogen and oxygen atoms in total. The van der Waals surface area contributed by atoms with Crippen LogP contribution >= 0.6 is 0 Å². The second-order valence-electron chi connectivity index (χ2n) is 3.49. The van der Waals surface area contributed by atoms with Crippen LogP contribution in [0.2, 0.25) is 0 Å². The number of rotatable bonds is 4. The van der Waals surface area contributed by atoms with Crippen LogP contribution in [0.25, 0.3) is 0 Å². The van der Waals surface area contributed by atoms with Crippen LogP contribution in [-0.2, 0) is 14.2 Å². The van der Waals surface area contributed by atoms with Gasteiger partial charge in [-0.1, -0.05) is 30.3 Å². The predicted molar refractivity (Wildman–Crippen MR) is 56.5 cm³/mol. The van der Waals surface area contributed by atoms with Gasteiger partial charge in [0, 0.05) is 12.2 Å². The normalized spacial score (nSPS) is 25.7. The highest BCUT2D eigenvalue weighted by atomic mass is 16.7. The van der Waals surface area contributed by atoms with Crippen molar-refractivity contribution in [2.45, 2.75) is 19.3 Å². The standard InChI is InChI=1S/C12H16O3/c1-2-13-8-11-9-14-12(15-11)10-6-4-3-5-7-10/h3-7,11-12H,2,8-9H2,1H3/t11-,12+/m0/s1. The Bertz CT molecular complexity index is 286. The van der Waals surface area contributed by atoms with E-state index < -0.39 is 0 Å². The predicted octanol–water partition coefficient (Wildman–Crippen LogP) is 2.14. The minimum atomic E-state index is -0.225. The van der Waals surface area contributed by atoms with E-state index in [9.17, 15) is 0 Å². The van der Waals surface area contributed by atoms with Gasteiger partial charge < -0.3 is 14.2 Å². The van der Waals surface area contributed by atoms with E-state index in [2.05, 4.69) is 0 Å². The van der Waals surface area contributed by atoms with Crippen molar-refractivity contribution in [2.24, 2.45) is 0 Å². The Hall–Kier alpha value is -0.900. The van der Waals surface area contributed by atoms with E-state index in [4.69, 9.17) is 14.2 Å². The molecule has 0 aliphatic carbocycles. The monoisotopic (exact) mass is 208 g/mol. The van der Waals surface area contributed by atoms with Crippen molar-refractivity contribution >= 4 is 0 Å². The molecule has 0 bridgehead atoms. The largest absolute Gasteiger partial charge is 0.379 e. The van der Waals surface area contributed by atoms with E-state index in [0.29, 0.717) is 13.2 Å². The van der Waals surface area contributed by atoms with Crippen LogP contribution in [0.3, 0.4) is 0 Å². The van der Waals surface area contributed by atoms with E-state index in [1.165, 1.54) is 0 Å². The molecular formula is C12H16O3. The van der Waals surface area contributed by atoms with Crippen molar-refractivity contribution in [1.29, 1.82) is 0 Å². The Balaban J connectivity index is 1.87. The summed E-state index contributed by atoms with van der Waals surface area (Å²) in [6.45, 7) is 3.92. The molecule has 1 fully saturated rings. The van der Waals surface area contributed by atoms with E-state index in [-0.39, 0.29) is 12.4 Å². The summed E-state index contributed by atoms with van der Waals surface area (Å²) in [5.74, 6) is 0. The molecule has 0 N–H and O–H groups in total. The molecule has 0 saturated carbocycles. The number of ether oxygens (including phenoxy) is 3. The quantitative estimate of drug-likeness (QED) is 0.758. The second kappa shape index (κ2) is 5.26. The molecule has 1 aromatic rings. The van der Waals surface area contributed by atoms with Crippen molar-refractivity contribution < 1.29 is 14.2 Å². The Labute approximate surface area is 90.0 Å². The summed E-state index contributed by atoms with van der Waals surface area (Å²) in [7, 11) is 0. The number of hydrogen-bond donors (Lipinski definition) is 0. The fourth-order valence-electron chi connectivity index (χ4n) is 1.57.